The SMILES string of the molecule is CC(=O)OC(CNC(=O)OCc1ccccc1)C(C)(C)OCCCC(C)(C(=O)CBr)c1cccc(I)c1. The molecule has 1 N–H and O–H groups in total. The van der Waals surface area contributed by atoms with Gasteiger partial charge in [0.15, 0.2) is 5.78 Å². The number of ether oxygens (including phenoxy) is 3. The lowest BCUT2D eigenvalue weighted by Crippen LogP contribution is -2.49. The van der Waals surface area contributed by atoms with Gasteiger partial charge in [-0.1, -0.05) is 58.4 Å². The third kappa shape index (κ3) is 10.0. The first-order valence-electron chi connectivity index (χ1n) is 12.1. The normalized spacial score (nSPS) is 13.8. The maximum atomic E-state index is 12.9. The average Bonchev–Trinajstić information content (AvgIpc) is 2.87. The van der Waals surface area contributed by atoms with Crippen LogP contribution in [0.3, 0.4) is 0 Å². The van der Waals surface area contributed by atoms with E-state index >= 15 is 0 Å². The third-order valence-corrected chi connectivity index (χ3v) is 7.40. The Morgan fingerprint density at radius 3 is 2.38 bits per heavy atom. The van der Waals surface area contributed by atoms with Gasteiger partial charge >= 0.3 is 12.1 Å². The molecule has 1 amide bonds. The highest BCUT2D eigenvalue weighted by Gasteiger charge is 2.36. The molecule has 2 unspecified atom stereocenters. The van der Waals surface area contributed by atoms with Gasteiger partial charge in [0.25, 0.3) is 0 Å². The zero-order valence-electron chi connectivity index (χ0n) is 21.7. The molecule has 7 nitrogen and oxygen atoms in total. The van der Waals surface area contributed by atoms with Gasteiger partial charge in [0.2, 0.25) is 0 Å². The molecular formula is C28H35BrINO6. The van der Waals surface area contributed by atoms with E-state index in [9.17, 15) is 14.4 Å². The lowest BCUT2D eigenvalue weighted by molar-refractivity contribution is -0.166. The maximum Gasteiger partial charge on any atom is 0.407 e. The zero-order valence-corrected chi connectivity index (χ0v) is 25.5. The van der Waals surface area contributed by atoms with Crippen LogP contribution in [0.1, 0.15) is 51.7 Å². The molecule has 9 heteroatoms. The van der Waals surface area contributed by atoms with Crippen LogP contribution < -0.4 is 5.32 Å². The number of alkyl halides is 1. The second-order valence-electron chi connectivity index (χ2n) is 9.50. The molecule has 37 heavy (non-hydrogen) atoms. The Morgan fingerprint density at radius 1 is 1.05 bits per heavy atom. The molecule has 2 aromatic rings. The Kier molecular flexibility index (Phi) is 12.5. The summed E-state index contributed by atoms with van der Waals surface area (Å²) in [5.41, 5.74) is 0.293. The number of halogens is 2. The van der Waals surface area contributed by atoms with Crippen molar-refractivity contribution < 1.29 is 28.6 Å². The minimum atomic E-state index is -0.893. The lowest BCUT2D eigenvalue weighted by Gasteiger charge is -2.34. The number of nitrogens with one attached hydrogen (secondary N) is 1. The fourth-order valence-corrected chi connectivity index (χ4v) is 5.02. The van der Waals surface area contributed by atoms with Crippen molar-refractivity contribution in [3.63, 3.8) is 0 Å². The number of hydrogen-bond acceptors (Lipinski definition) is 6. The Bertz CT molecular complexity index is 1050. The smallest absolute Gasteiger partial charge is 0.407 e. The first-order chi connectivity index (χ1) is 17.5. The standard InChI is InChI=1S/C28H35BrINO6/c1-20(32)37-25(18-31-26(34)35-19-21-10-6-5-7-11-21)27(2,3)36-15-9-14-28(4,24(33)17-29)22-12-8-13-23(30)16-22/h5-8,10-13,16,25H,9,14-15,17-19H2,1-4H3,(H,31,34). The highest BCUT2D eigenvalue weighted by molar-refractivity contribution is 14.1. The minimum Gasteiger partial charge on any atom is -0.458 e. The summed E-state index contributed by atoms with van der Waals surface area (Å²) in [4.78, 5) is 36.8. The van der Waals surface area contributed by atoms with E-state index in [1.54, 1.807) is 13.8 Å². The summed E-state index contributed by atoms with van der Waals surface area (Å²) in [5.74, 6) is -0.375. The van der Waals surface area contributed by atoms with Crippen LogP contribution in [-0.2, 0) is 35.8 Å². The van der Waals surface area contributed by atoms with E-state index in [-0.39, 0.29) is 24.3 Å². The summed E-state index contributed by atoms with van der Waals surface area (Å²) in [6.45, 7) is 7.40. The van der Waals surface area contributed by atoms with Crippen molar-refractivity contribution in [2.24, 2.45) is 0 Å². The predicted molar refractivity (Wildman–Crippen MR) is 155 cm³/mol. The summed E-state index contributed by atoms with van der Waals surface area (Å²) in [6.07, 6.45) is -0.141. The Balaban J connectivity index is 1.94. The van der Waals surface area contributed by atoms with Crippen LogP contribution >= 0.6 is 38.5 Å². The second kappa shape index (κ2) is 14.8. The number of carbonyl (C=O) groups is 3. The molecule has 2 aromatic carbocycles. The molecule has 202 valence electrons. The number of rotatable bonds is 14. The van der Waals surface area contributed by atoms with Gasteiger partial charge in [0.1, 0.15) is 18.3 Å². The molecular weight excluding hydrogens is 653 g/mol. The largest absolute Gasteiger partial charge is 0.458 e. The number of benzene rings is 2. The molecule has 0 aliphatic rings. The van der Waals surface area contributed by atoms with Crippen LogP contribution in [0.4, 0.5) is 4.79 Å². The molecule has 0 saturated carbocycles. The highest BCUT2D eigenvalue weighted by Crippen LogP contribution is 2.32. The van der Waals surface area contributed by atoms with Gasteiger partial charge in [-0.3, -0.25) is 9.59 Å². The van der Waals surface area contributed by atoms with Gasteiger partial charge in [0.05, 0.1) is 17.3 Å². The van der Waals surface area contributed by atoms with E-state index in [0.717, 1.165) is 14.7 Å². The fourth-order valence-electron chi connectivity index (χ4n) is 3.86. The van der Waals surface area contributed by atoms with Crippen molar-refractivity contribution in [2.45, 2.75) is 64.3 Å². The van der Waals surface area contributed by atoms with Gasteiger partial charge in [0, 0.05) is 17.1 Å². The monoisotopic (exact) mass is 687 g/mol. The van der Waals surface area contributed by atoms with E-state index in [1.807, 2.05) is 61.5 Å². The van der Waals surface area contributed by atoms with Gasteiger partial charge in [-0.2, -0.15) is 0 Å². The predicted octanol–water partition coefficient (Wildman–Crippen LogP) is 5.95. The van der Waals surface area contributed by atoms with Gasteiger partial charge in [-0.25, -0.2) is 4.79 Å². The summed E-state index contributed by atoms with van der Waals surface area (Å²) >= 11 is 5.57. The fraction of sp³-hybridized carbons (Fsp3) is 0.464. The number of Topliss-reactive ketones (excluding diaryl/α,β-unsaturated/α-hetero) is 1. The van der Waals surface area contributed by atoms with E-state index in [2.05, 4.69) is 43.8 Å². The minimum absolute atomic E-state index is 0.0302. The molecule has 0 aliphatic carbocycles. The summed E-state index contributed by atoms with van der Waals surface area (Å²) in [5, 5.41) is 2.93. The first-order valence-corrected chi connectivity index (χ1v) is 14.3. The third-order valence-electron chi connectivity index (χ3n) is 6.22. The molecule has 0 bridgehead atoms. The van der Waals surface area contributed by atoms with Crippen LogP contribution in [0.15, 0.2) is 54.6 Å². The number of alkyl carbamates (subject to hydrolysis) is 1. The average molecular weight is 688 g/mol. The van der Waals surface area contributed by atoms with Gasteiger partial charge in [-0.15, -0.1) is 0 Å². The zero-order chi connectivity index (χ0) is 27.5. The van der Waals surface area contributed by atoms with Crippen LogP contribution in [-0.4, -0.2) is 48.0 Å². The quantitative estimate of drug-likeness (QED) is 0.114. The number of amides is 1. The molecule has 0 aromatic heterocycles. The van der Waals surface area contributed by atoms with E-state index < -0.39 is 29.2 Å². The van der Waals surface area contributed by atoms with Crippen molar-refractivity contribution in [3.05, 3.63) is 69.3 Å². The maximum absolute atomic E-state index is 12.9. The first kappa shape index (κ1) is 31.2. The summed E-state index contributed by atoms with van der Waals surface area (Å²) < 4.78 is 17.9. The van der Waals surface area contributed by atoms with Crippen LogP contribution in [0, 0.1) is 3.57 Å². The van der Waals surface area contributed by atoms with Crippen molar-refractivity contribution in [2.75, 3.05) is 18.5 Å². The molecule has 2 rings (SSSR count). The molecule has 0 radical (unpaired) electrons. The number of hydrogen-bond donors (Lipinski definition) is 1. The van der Waals surface area contributed by atoms with Crippen LogP contribution in [0.2, 0.25) is 0 Å². The number of ketones is 1. The Morgan fingerprint density at radius 2 is 1.76 bits per heavy atom. The summed E-state index contributed by atoms with van der Waals surface area (Å²) in [7, 11) is 0. The van der Waals surface area contributed by atoms with Crippen molar-refractivity contribution in [1.29, 1.82) is 0 Å². The molecule has 0 saturated heterocycles. The summed E-state index contributed by atoms with van der Waals surface area (Å²) in [6, 6.07) is 17.3. The molecule has 0 aliphatic heterocycles. The Labute approximate surface area is 241 Å². The van der Waals surface area contributed by atoms with Crippen LogP contribution in [0.5, 0.6) is 0 Å². The van der Waals surface area contributed by atoms with Crippen molar-refractivity contribution in [1.82, 2.24) is 5.32 Å². The van der Waals surface area contributed by atoms with Gasteiger partial charge in [-0.05, 0) is 79.5 Å². The second-order valence-corrected chi connectivity index (χ2v) is 11.3. The van der Waals surface area contributed by atoms with E-state index in [4.69, 9.17) is 14.2 Å². The number of carbonyl (C=O) groups excluding carboxylic acids is 3. The molecule has 0 fully saturated rings. The Hall–Kier alpha value is -1.98. The molecule has 0 spiro atoms. The van der Waals surface area contributed by atoms with Crippen molar-refractivity contribution in [3.8, 4) is 0 Å². The molecule has 0 heterocycles. The topological polar surface area (TPSA) is 90.9 Å². The van der Waals surface area contributed by atoms with Crippen molar-refractivity contribution >= 4 is 56.4 Å². The van der Waals surface area contributed by atoms with Crippen LogP contribution in [0.25, 0.3) is 0 Å². The molecule has 2 atom stereocenters. The van der Waals surface area contributed by atoms with E-state index in [1.165, 1.54) is 6.92 Å². The number of esters is 1. The van der Waals surface area contributed by atoms with Gasteiger partial charge < -0.3 is 19.5 Å². The lowest BCUT2D eigenvalue weighted by atomic mass is 9.75. The van der Waals surface area contributed by atoms with E-state index in [0.29, 0.717) is 19.4 Å². The highest BCUT2D eigenvalue weighted by atomic mass is 127.